The van der Waals surface area contributed by atoms with Gasteiger partial charge in [-0.3, -0.25) is 0 Å². The standard InChI is InChI=1S/C17H25BO4.C14H19BO4.S2/c1-15(2,3)20-14(19)12-8-10-13(11-9-12)18-21-16(4,5)17(6,7)22-18;1-13(2)14(3,4)19-15(18-13)11-8-6-10(7-9-11)12(16)17-5;1-2/h8-11H,1-7H3;6-9H,1-5H3;. The van der Waals surface area contributed by atoms with Gasteiger partial charge in [0.25, 0.3) is 0 Å². The van der Waals surface area contributed by atoms with Crippen LogP contribution in [0.3, 0.4) is 0 Å². The van der Waals surface area contributed by atoms with Crippen molar-refractivity contribution in [2.45, 2.75) is 104 Å². The predicted octanol–water partition coefficient (Wildman–Crippen LogP) is 4.71. The number of benzene rings is 2. The van der Waals surface area contributed by atoms with Gasteiger partial charge in [0.2, 0.25) is 0 Å². The Hall–Kier alpha value is -2.21. The van der Waals surface area contributed by atoms with Crippen molar-refractivity contribution in [2.75, 3.05) is 7.11 Å². The molecule has 0 aromatic heterocycles. The van der Waals surface area contributed by atoms with Crippen molar-refractivity contribution in [3.05, 3.63) is 59.7 Å². The molecular formula is C31H44B2O8S2. The summed E-state index contributed by atoms with van der Waals surface area (Å²) in [5, 5.41) is 0. The Morgan fingerprint density at radius 2 is 0.884 bits per heavy atom. The second-order valence-electron chi connectivity index (χ2n) is 13.4. The van der Waals surface area contributed by atoms with Crippen LogP contribution >= 0.6 is 0 Å². The highest BCUT2D eigenvalue weighted by Gasteiger charge is 2.52. The fourth-order valence-corrected chi connectivity index (χ4v) is 3.97. The van der Waals surface area contributed by atoms with Crippen molar-refractivity contribution in [3.63, 3.8) is 0 Å². The van der Waals surface area contributed by atoms with E-state index in [1.54, 1.807) is 24.3 Å². The van der Waals surface area contributed by atoms with Gasteiger partial charge < -0.3 is 28.1 Å². The van der Waals surface area contributed by atoms with Crippen LogP contribution in [0.15, 0.2) is 48.5 Å². The van der Waals surface area contributed by atoms with Gasteiger partial charge in [-0.15, -0.1) is 0 Å². The van der Waals surface area contributed by atoms with E-state index in [1.807, 2.05) is 100 Å². The molecule has 2 aliphatic rings. The summed E-state index contributed by atoms with van der Waals surface area (Å²) in [5.41, 5.74) is 0.859. The summed E-state index contributed by atoms with van der Waals surface area (Å²) in [5.74, 6) is -0.673. The fourth-order valence-electron chi connectivity index (χ4n) is 3.97. The van der Waals surface area contributed by atoms with Crippen LogP contribution in [0.4, 0.5) is 0 Å². The summed E-state index contributed by atoms with van der Waals surface area (Å²) in [4.78, 5) is 23.4. The van der Waals surface area contributed by atoms with Gasteiger partial charge in [-0.05, 0) is 111 Å². The van der Waals surface area contributed by atoms with E-state index in [9.17, 15) is 9.59 Å². The lowest BCUT2D eigenvalue weighted by atomic mass is 9.79. The molecule has 0 radical (unpaired) electrons. The van der Waals surface area contributed by atoms with Crippen molar-refractivity contribution in [3.8, 4) is 0 Å². The van der Waals surface area contributed by atoms with Crippen LogP contribution in [0.25, 0.3) is 0 Å². The minimum atomic E-state index is -0.499. The molecule has 12 heteroatoms. The number of hydrogen-bond acceptors (Lipinski definition) is 10. The van der Waals surface area contributed by atoms with E-state index >= 15 is 0 Å². The monoisotopic (exact) mass is 630 g/mol. The Morgan fingerprint density at radius 3 is 1.14 bits per heavy atom. The molecule has 43 heavy (non-hydrogen) atoms. The topological polar surface area (TPSA) is 89.5 Å². The Labute approximate surface area is 267 Å². The van der Waals surface area contributed by atoms with Gasteiger partial charge in [-0.1, -0.05) is 24.3 Å². The minimum Gasteiger partial charge on any atom is -0.465 e. The number of ether oxygens (including phenoxy) is 2. The molecule has 2 heterocycles. The third-order valence-corrected chi connectivity index (χ3v) is 7.93. The van der Waals surface area contributed by atoms with Crippen LogP contribution in [0.1, 0.15) is 96.9 Å². The first-order valence-corrected chi connectivity index (χ1v) is 15.4. The maximum atomic E-state index is 12.0. The molecule has 0 unspecified atom stereocenters. The van der Waals surface area contributed by atoms with E-state index in [0.29, 0.717) is 11.1 Å². The molecule has 0 aliphatic carbocycles. The molecule has 2 aliphatic heterocycles. The number of rotatable bonds is 4. The molecule has 2 fully saturated rings. The third kappa shape index (κ3) is 9.15. The molecule has 0 amide bonds. The maximum Gasteiger partial charge on any atom is 0.494 e. The fraction of sp³-hybridized carbons (Fsp3) is 0.548. The largest absolute Gasteiger partial charge is 0.494 e. The molecular weight excluding hydrogens is 586 g/mol. The highest BCUT2D eigenvalue weighted by molar-refractivity contribution is 8.07. The van der Waals surface area contributed by atoms with E-state index in [0.717, 1.165) is 10.9 Å². The lowest BCUT2D eigenvalue weighted by Gasteiger charge is -2.32. The molecule has 8 nitrogen and oxygen atoms in total. The van der Waals surface area contributed by atoms with Gasteiger partial charge >= 0.3 is 26.2 Å². The van der Waals surface area contributed by atoms with Gasteiger partial charge in [0.15, 0.2) is 0 Å². The van der Waals surface area contributed by atoms with Gasteiger partial charge in [-0.25, -0.2) is 9.59 Å². The van der Waals surface area contributed by atoms with Crippen molar-refractivity contribution < 1.29 is 37.7 Å². The van der Waals surface area contributed by atoms with Crippen molar-refractivity contribution in [2.24, 2.45) is 0 Å². The van der Waals surface area contributed by atoms with E-state index < -0.39 is 19.8 Å². The van der Waals surface area contributed by atoms with Crippen LogP contribution in [-0.2, 0) is 50.5 Å². The maximum absolute atomic E-state index is 12.0. The quantitative estimate of drug-likeness (QED) is 0.350. The summed E-state index contributed by atoms with van der Waals surface area (Å²) in [6.07, 6.45) is 0. The van der Waals surface area contributed by atoms with Crippen LogP contribution in [-0.4, -0.2) is 61.3 Å². The molecule has 0 spiro atoms. The number of esters is 2. The first kappa shape index (κ1) is 37.0. The number of carbonyl (C=O) groups is 2. The average molecular weight is 630 g/mol. The molecule has 234 valence electrons. The highest BCUT2D eigenvalue weighted by Crippen LogP contribution is 2.37. The van der Waals surface area contributed by atoms with Gasteiger partial charge in [-0.2, -0.15) is 0 Å². The van der Waals surface area contributed by atoms with E-state index in [-0.39, 0.29) is 34.3 Å². The molecule has 2 saturated heterocycles. The van der Waals surface area contributed by atoms with Crippen LogP contribution < -0.4 is 10.9 Å². The average Bonchev–Trinajstić information content (AvgIpc) is 3.28. The van der Waals surface area contributed by atoms with E-state index in [4.69, 9.17) is 23.4 Å². The zero-order chi connectivity index (χ0) is 33.0. The number of methoxy groups -OCH3 is 1. The predicted molar refractivity (Wildman–Crippen MR) is 176 cm³/mol. The van der Waals surface area contributed by atoms with Gasteiger partial charge in [0.05, 0.1) is 40.6 Å². The molecule has 4 rings (SSSR count). The second kappa shape index (κ2) is 13.8. The normalized spacial score (nSPS) is 19.3. The second-order valence-corrected chi connectivity index (χ2v) is 13.4. The van der Waals surface area contributed by atoms with Gasteiger partial charge in [0.1, 0.15) is 5.60 Å². The Kier molecular flexibility index (Phi) is 11.9. The van der Waals surface area contributed by atoms with Gasteiger partial charge in [0, 0.05) is 22.4 Å². The zero-order valence-corrected chi connectivity index (χ0v) is 29.0. The number of hydrogen-bond donors (Lipinski definition) is 0. The summed E-state index contributed by atoms with van der Waals surface area (Å²) < 4.78 is 33.9. The van der Waals surface area contributed by atoms with Crippen molar-refractivity contribution >= 4 is 59.5 Å². The molecule has 0 saturated carbocycles. The third-order valence-electron chi connectivity index (χ3n) is 7.93. The summed E-state index contributed by atoms with van der Waals surface area (Å²) >= 11 is 7.33. The summed E-state index contributed by atoms with van der Waals surface area (Å²) in [6, 6.07) is 14.3. The number of carbonyl (C=O) groups excluding carboxylic acids is 2. The molecule has 0 N–H and O–H groups in total. The lowest BCUT2D eigenvalue weighted by molar-refractivity contribution is 0.00578. The van der Waals surface area contributed by atoms with Crippen LogP contribution in [0.2, 0.25) is 0 Å². The van der Waals surface area contributed by atoms with Crippen molar-refractivity contribution in [1.29, 1.82) is 0 Å². The van der Waals surface area contributed by atoms with Crippen LogP contribution in [0.5, 0.6) is 0 Å². The first-order valence-electron chi connectivity index (χ1n) is 14.1. The Balaban J connectivity index is 0.000000286. The summed E-state index contributed by atoms with van der Waals surface area (Å²) in [6.45, 7) is 21.7. The molecule has 0 bridgehead atoms. The van der Waals surface area contributed by atoms with Crippen LogP contribution in [0, 0.1) is 0 Å². The molecule has 2 aromatic rings. The summed E-state index contributed by atoms with van der Waals surface area (Å²) in [7, 11) is 0.541. The minimum absolute atomic E-state index is 0.326. The van der Waals surface area contributed by atoms with Crippen molar-refractivity contribution in [1.82, 2.24) is 0 Å². The SMILES string of the molecule is CC(C)(C)OC(=O)c1ccc(B2OC(C)(C)C(C)(C)O2)cc1.COC(=O)c1ccc(B2OC(C)(C)C(C)(C)O2)cc1.S=S. The van der Waals surface area contributed by atoms with E-state index in [1.165, 1.54) is 7.11 Å². The lowest BCUT2D eigenvalue weighted by Crippen LogP contribution is -2.41. The van der Waals surface area contributed by atoms with E-state index in [2.05, 4.69) is 27.1 Å². The first-order chi connectivity index (χ1) is 19.7. The molecule has 2 aromatic carbocycles. The smallest absolute Gasteiger partial charge is 0.465 e. The zero-order valence-electron chi connectivity index (χ0n) is 27.4. The Morgan fingerprint density at radius 1 is 0.605 bits per heavy atom. The highest BCUT2D eigenvalue weighted by atomic mass is 32.8. The molecule has 0 atom stereocenters. The Bertz CT molecular complexity index is 1220.